The third-order valence-corrected chi connectivity index (χ3v) is 5.29. The Hall–Kier alpha value is -4.07. The van der Waals surface area contributed by atoms with Crippen LogP contribution in [0.1, 0.15) is 36.3 Å². The van der Waals surface area contributed by atoms with Crippen LogP contribution >= 0.6 is 0 Å². The maximum atomic E-state index is 13.6. The Kier molecular flexibility index (Phi) is 9.06. The summed E-state index contributed by atoms with van der Waals surface area (Å²) in [7, 11) is 0. The molecule has 0 saturated carbocycles. The topological polar surface area (TPSA) is 75.0 Å². The Morgan fingerprint density at radius 1 is 1.00 bits per heavy atom. The zero-order chi connectivity index (χ0) is 25.2. The molecule has 2 aromatic carbocycles. The van der Waals surface area contributed by atoms with Crippen molar-refractivity contribution < 1.29 is 19.0 Å². The van der Waals surface area contributed by atoms with Crippen molar-refractivity contribution in [1.82, 2.24) is 9.58 Å². The summed E-state index contributed by atoms with van der Waals surface area (Å²) in [5, 5.41) is 12.2. The van der Waals surface area contributed by atoms with Gasteiger partial charge in [0.25, 0.3) is 5.91 Å². The molecule has 0 atom stereocenters. The molecule has 8 heteroatoms. The largest absolute Gasteiger partial charge is 0.502 e. The Balaban J connectivity index is 0.00000167. The number of para-hydroxylation sites is 1. The summed E-state index contributed by atoms with van der Waals surface area (Å²) in [4.78, 5) is 26.6. The van der Waals surface area contributed by atoms with Crippen LogP contribution in [0, 0.1) is 5.82 Å². The van der Waals surface area contributed by atoms with E-state index in [1.807, 2.05) is 55.3 Å². The Morgan fingerprint density at radius 2 is 1.71 bits per heavy atom. The Morgan fingerprint density at radius 3 is 2.46 bits per heavy atom. The number of halogens is 1. The van der Waals surface area contributed by atoms with Crippen molar-refractivity contribution in [2.75, 3.05) is 24.8 Å². The lowest BCUT2D eigenvalue weighted by molar-refractivity contribution is 0.0688. The summed E-state index contributed by atoms with van der Waals surface area (Å²) in [6.45, 7) is 5.37. The van der Waals surface area contributed by atoms with Gasteiger partial charge in [-0.15, -0.1) is 0 Å². The molecule has 1 amide bonds. The number of aromatic hydroxyl groups is 1. The zero-order valence-corrected chi connectivity index (χ0v) is 19.9. The molecule has 4 rings (SSSR count). The molecular formula is C27H30FN3O4. The van der Waals surface area contributed by atoms with E-state index in [0.29, 0.717) is 26.2 Å². The van der Waals surface area contributed by atoms with Crippen LogP contribution in [0.15, 0.2) is 83.8 Å². The second-order valence-electron chi connectivity index (χ2n) is 7.58. The van der Waals surface area contributed by atoms with Gasteiger partial charge in [-0.2, -0.15) is 0 Å². The van der Waals surface area contributed by atoms with Crippen LogP contribution in [0.3, 0.4) is 0 Å². The predicted octanol–water partition coefficient (Wildman–Crippen LogP) is 4.30. The number of aromatic nitrogens is 1. The van der Waals surface area contributed by atoms with Crippen molar-refractivity contribution in [3.63, 3.8) is 0 Å². The number of rotatable bonds is 8. The summed E-state index contributed by atoms with van der Waals surface area (Å²) in [5.41, 5.74) is 0.388. The molecule has 0 fully saturated rings. The number of ether oxygens (including phenoxy) is 1. The maximum Gasteiger partial charge on any atom is 0.277 e. The molecule has 0 aliphatic carbocycles. The highest BCUT2D eigenvalue weighted by Crippen LogP contribution is 2.21. The van der Waals surface area contributed by atoms with Crippen molar-refractivity contribution >= 4 is 5.91 Å². The summed E-state index contributed by atoms with van der Waals surface area (Å²) in [6, 6.07) is 17.2. The number of fused-ring (bicyclic) bond motifs is 1. The first-order valence-corrected chi connectivity index (χ1v) is 11.6. The van der Waals surface area contributed by atoms with Crippen molar-refractivity contribution in [1.29, 1.82) is 0 Å². The molecule has 1 N–H and O–H groups in total. The summed E-state index contributed by atoms with van der Waals surface area (Å²) in [5.74, 6) is -1.20. The molecule has 0 saturated heterocycles. The van der Waals surface area contributed by atoms with E-state index < -0.39 is 22.9 Å². The summed E-state index contributed by atoms with van der Waals surface area (Å²) in [6.07, 6.45) is 5.65. The van der Waals surface area contributed by atoms with Gasteiger partial charge in [-0.05, 0) is 24.1 Å². The lowest BCUT2D eigenvalue weighted by Crippen LogP contribution is -2.53. The van der Waals surface area contributed by atoms with Crippen LogP contribution in [0.4, 0.5) is 4.39 Å². The Bertz CT molecular complexity index is 1210. The molecule has 0 spiro atoms. The van der Waals surface area contributed by atoms with Gasteiger partial charge in [-0.25, -0.2) is 4.39 Å². The smallest absolute Gasteiger partial charge is 0.277 e. The summed E-state index contributed by atoms with van der Waals surface area (Å²) >= 11 is 0. The fourth-order valence-electron chi connectivity index (χ4n) is 3.64. The first kappa shape index (κ1) is 25.6. The van der Waals surface area contributed by atoms with E-state index in [1.165, 1.54) is 18.3 Å². The van der Waals surface area contributed by atoms with E-state index >= 15 is 0 Å². The normalized spacial score (nSPS) is 12.8. The zero-order valence-electron chi connectivity index (χ0n) is 19.9. The molecule has 1 aromatic heterocycles. The third kappa shape index (κ3) is 6.29. The maximum absolute atomic E-state index is 13.6. The number of pyridine rings is 1. The quantitative estimate of drug-likeness (QED) is 0.488. The van der Waals surface area contributed by atoms with Gasteiger partial charge in [-0.3, -0.25) is 19.3 Å². The van der Waals surface area contributed by atoms with Crippen LogP contribution in [-0.4, -0.2) is 40.4 Å². The number of benzene rings is 2. The standard InChI is InChI=1S/C25H24FN3O4.C2H6/c26-20-11-5-6-12-22(20)33-16-8-2-7-14-27-18-28(17-19-9-3-1-4-10-19)29-15-13-21(30)24(31)23(29)25(27)32;1-2/h1-6,8-13,15,31H,7,14,16-18H2;1-2H3/b8-2+;. The van der Waals surface area contributed by atoms with E-state index in [1.54, 1.807) is 33.9 Å². The molecule has 7 nitrogen and oxygen atoms in total. The van der Waals surface area contributed by atoms with E-state index in [2.05, 4.69) is 0 Å². The first-order valence-electron chi connectivity index (χ1n) is 11.6. The van der Waals surface area contributed by atoms with Gasteiger partial charge >= 0.3 is 0 Å². The SMILES string of the molecule is CC.O=C1c2c(O)c(=O)ccn2N(Cc2ccccc2)CN1CC/C=C/COc1ccccc1F. The van der Waals surface area contributed by atoms with Crippen molar-refractivity contribution in [2.45, 2.75) is 26.8 Å². The van der Waals surface area contributed by atoms with Gasteiger partial charge in [0.2, 0.25) is 5.43 Å². The Labute approximate surface area is 204 Å². The molecule has 0 unspecified atom stereocenters. The first-order chi connectivity index (χ1) is 17.0. The number of carbonyl (C=O) groups is 1. The minimum Gasteiger partial charge on any atom is -0.502 e. The van der Waals surface area contributed by atoms with Gasteiger partial charge in [0.05, 0.1) is 6.54 Å². The molecule has 2 heterocycles. The monoisotopic (exact) mass is 479 g/mol. The van der Waals surface area contributed by atoms with Crippen molar-refractivity contribution in [3.8, 4) is 11.5 Å². The molecule has 3 aromatic rings. The number of hydrogen-bond acceptors (Lipinski definition) is 5. The van der Waals surface area contributed by atoms with E-state index in [4.69, 9.17) is 4.74 Å². The molecule has 1 aliphatic rings. The van der Waals surface area contributed by atoms with Gasteiger partial charge in [-0.1, -0.05) is 68.5 Å². The van der Waals surface area contributed by atoms with Crippen LogP contribution in [0.25, 0.3) is 0 Å². The van der Waals surface area contributed by atoms with Crippen LogP contribution in [0.5, 0.6) is 11.5 Å². The average molecular weight is 480 g/mol. The van der Waals surface area contributed by atoms with Crippen LogP contribution in [-0.2, 0) is 6.54 Å². The van der Waals surface area contributed by atoms with Crippen LogP contribution in [0.2, 0.25) is 0 Å². The van der Waals surface area contributed by atoms with Crippen LogP contribution < -0.4 is 15.2 Å². The van der Waals surface area contributed by atoms with E-state index in [9.17, 15) is 19.1 Å². The molecule has 35 heavy (non-hydrogen) atoms. The predicted molar refractivity (Wildman–Crippen MR) is 134 cm³/mol. The van der Waals surface area contributed by atoms with Gasteiger partial charge < -0.3 is 14.7 Å². The second-order valence-corrected chi connectivity index (χ2v) is 7.58. The van der Waals surface area contributed by atoms with Crippen molar-refractivity contribution in [3.05, 3.63) is 106 Å². The molecule has 184 valence electrons. The summed E-state index contributed by atoms with van der Waals surface area (Å²) < 4.78 is 20.5. The fraction of sp³-hybridized carbons (Fsp3) is 0.259. The number of carbonyl (C=O) groups excluding carboxylic acids is 1. The molecule has 0 bridgehead atoms. The van der Waals surface area contributed by atoms with Crippen molar-refractivity contribution in [2.24, 2.45) is 0 Å². The van der Waals surface area contributed by atoms with Gasteiger partial charge in [0.1, 0.15) is 13.3 Å². The molecular weight excluding hydrogens is 449 g/mol. The molecule has 1 aliphatic heterocycles. The molecule has 0 radical (unpaired) electrons. The number of amides is 1. The van der Waals surface area contributed by atoms with E-state index in [-0.39, 0.29) is 18.1 Å². The lowest BCUT2D eigenvalue weighted by Gasteiger charge is -2.39. The second kappa shape index (κ2) is 12.4. The highest BCUT2D eigenvalue weighted by molar-refractivity contribution is 5.96. The highest BCUT2D eigenvalue weighted by Gasteiger charge is 2.31. The minimum atomic E-state index is -0.596. The van der Waals surface area contributed by atoms with Gasteiger partial charge in [0.15, 0.2) is 23.0 Å². The van der Waals surface area contributed by atoms with Gasteiger partial charge in [0, 0.05) is 18.8 Å². The average Bonchev–Trinajstić information content (AvgIpc) is 2.88. The van der Waals surface area contributed by atoms with E-state index in [0.717, 1.165) is 5.56 Å². The third-order valence-electron chi connectivity index (χ3n) is 5.29. The highest BCUT2D eigenvalue weighted by atomic mass is 19.1. The fourth-order valence-corrected chi connectivity index (χ4v) is 3.64. The number of hydrogen-bond donors (Lipinski definition) is 1. The lowest BCUT2D eigenvalue weighted by atomic mass is 10.2. The number of nitrogens with zero attached hydrogens (tertiary/aromatic N) is 3. The minimum absolute atomic E-state index is 0.0449.